The van der Waals surface area contributed by atoms with E-state index in [-0.39, 0.29) is 17.6 Å². The Morgan fingerprint density at radius 1 is 1.35 bits per heavy atom. The molecule has 4 nitrogen and oxygen atoms in total. The highest BCUT2D eigenvalue weighted by Crippen LogP contribution is 2.39. The van der Waals surface area contributed by atoms with Crippen LogP contribution in [0.5, 0.6) is 0 Å². The molecular weight excluding hydrogens is 293 g/mol. The molecule has 0 aliphatic heterocycles. The van der Waals surface area contributed by atoms with Crippen molar-refractivity contribution in [3.05, 3.63) is 35.6 Å². The minimum Gasteiger partial charge on any atom is -0.333 e. The number of hydrogen-bond acceptors (Lipinski definition) is 2. The van der Waals surface area contributed by atoms with E-state index in [0.29, 0.717) is 19.1 Å². The first-order valence-electron chi connectivity index (χ1n) is 8.31. The number of nitrogens with one attached hydrogen (secondary N) is 2. The lowest BCUT2D eigenvalue weighted by atomic mass is 9.98. The van der Waals surface area contributed by atoms with E-state index in [1.807, 2.05) is 6.92 Å². The molecule has 5 heteroatoms. The third-order valence-corrected chi connectivity index (χ3v) is 4.91. The van der Waals surface area contributed by atoms with Gasteiger partial charge in [-0.05, 0) is 37.8 Å². The maximum Gasteiger partial charge on any atom is 0.276 e. The highest BCUT2D eigenvalue weighted by Gasteiger charge is 2.44. The Morgan fingerprint density at radius 3 is 2.52 bits per heavy atom. The second-order valence-corrected chi connectivity index (χ2v) is 7.05. The molecule has 1 amide bonds. The van der Waals surface area contributed by atoms with Crippen LogP contribution in [0.15, 0.2) is 24.3 Å². The van der Waals surface area contributed by atoms with Gasteiger partial charge in [0, 0.05) is 18.4 Å². The van der Waals surface area contributed by atoms with Crippen molar-refractivity contribution in [3.8, 4) is 6.07 Å². The number of rotatable bonds is 7. The van der Waals surface area contributed by atoms with Crippen LogP contribution in [-0.2, 0) is 11.3 Å². The molecule has 2 aliphatic rings. The predicted molar refractivity (Wildman–Crippen MR) is 83.8 cm³/mol. The molecule has 1 aromatic carbocycles. The summed E-state index contributed by atoms with van der Waals surface area (Å²) >= 11 is 0. The minimum absolute atomic E-state index is 0.0649. The van der Waals surface area contributed by atoms with E-state index in [9.17, 15) is 14.4 Å². The molecule has 0 heterocycles. The first-order chi connectivity index (χ1) is 11.0. The van der Waals surface area contributed by atoms with Crippen molar-refractivity contribution in [2.75, 3.05) is 6.54 Å². The number of quaternary nitrogens is 1. The third-order valence-electron chi connectivity index (χ3n) is 4.91. The number of hydrogen-bond donors (Lipinski definition) is 2. The van der Waals surface area contributed by atoms with Gasteiger partial charge in [-0.15, -0.1) is 0 Å². The molecular formula is C18H23FN3O+. The lowest BCUT2D eigenvalue weighted by Crippen LogP contribution is -3.13. The fourth-order valence-electron chi connectivity index (χ4n) is 3.13. The van der Waals surface area contributed by atoms with Gasteiger partial charge < -0.3 is 10.2 Å². The van der Waals surface area contributed by atoms with Crippen molar-refractivity contribution in [1.29, 1.82) is 5.26 Å². The van der Waals surface area contributed by atoms with E-state index in [1.165, 1.54) is 17.0 Å². The molecule has 3 rings (SSSR count). The normalized spacial score (nSPS) is 21.1. The van der Waals surface area contributed by atoms with E-state index in [1.54, 1.807) is 12.1 Å². The Bertz CT molecular complexity index is 616. The number of nitriles is 1. The topological polar surface area (TPSA) is 57.3 Å². The van der Waals surface area contributed by atoms with Crippen LogP contribution in [0.25, 0.3) is 0 Å². The van der Waals surface area contributed by atoms with E-state index in [0.717, 1.165) is 31.2 Å². The fraction of sp³-hybridized carbons (Fsp3) is 0.556. The summed E-state index contributed by atoms with van der Waals surface area (Å²) in [5.41, 5.74) is 0.299. The van der Waals surface area contributed by atoms with E-state index >= 15 is 0 Å². The average molecular weight is 316 g/mol. The van der Waals surface area contributed by atoms with Gasteiger partial charge in [-0.3, -0.25) is 4.79 Å². The molecule has 0 radical (unpaired) electrons. The quantitative estimate of drug-likeness (QED) is 0.794. The summed E-state index contributed by atoms with van der Waals surface area (Å²) in [6.07, 6.45) is 4.28. The lowest BCUT2D eigenvalue weighted by Gasteiger charge is -2.25. The zero-order valence-electron chi connectivity index (χ0n) is 13.4. The van der Waals surface area contributed by atoms with Crippen LogP contribution in [-0.4, -0.2) is 24.0 Å². The van der Waals surface area contributed by atoms with Crippen molar-refractivity contribution in [3.63, 3.8) is 0 Å². The summed E-state index contributed by atoms with van der Waals surface area (Å²) in [5.74, 6) is -0.0171. The monoisotopic (exact) mass is 316 g/mol. The number of halogens is 1. The van der Waals surface area contributed by atoms with Crippen LogP contribution >= 0.6 is 0 Å². The average Bonchev–Trinajstić information content (AvgIpc) is 3.41. The zero-order chi connectivity index (χ0) is 16.4. The Kier molecular flexibility index (Phi) is 4.36. The molecule has 122 valence electrons. The Balaban J connectivity index is 1.60. The third kappa shape index (κ3) is 4.08. The fourth-order valence-corrected chi connectivity index (χ4v) is 3.13. The van der Waals surface area contributed by atoms with Gasteiger partial charge in [-0.1, -0.05) is 12.1 Å². The van der Waals surface area contributed by atoms with Crippen molar-refractivity contribution in [2.24, 2.45) is 5.92 Å². The van der Waals surface area contributed by atoms with Crippen molar-refractivity contribution >= 4 is 5.91 Å². The van der Waals surface area contributed by atoms with Gasteiger partial charge in [-0.2, -0.15) is 5.26 Å². The Hall–Kier alpha value is -1.93. The molecule has 2 atom stereocenters. The Morgan fingerprint density at radius 2 is 2.00 bits per heavy atom. The molecule has 2 aliphatic carbocycles. The number of carbonyl (C=O) groups excluding carboxylic acids is 1. The highest BCUT2D eigenvalue weighted by molar-refractivity contribution is 5.78. The molecule has 23 heavy (non-hydrogen) atoms. The molecule has 0 bridgehead atoms. The van der Waals surface area contributed by atoms with Crippen LogP contribution in [0.4, 0.5) is 4.39 Å². The van der Waals surface area contributed by atoms with E-state index in [2.05, 4.69) is 11.4 Å². The summed E-state index contributed by atoms with van der Waals surface area (Å²) < 4.78 is 13.0. The summed E-state index contributed by atoms with van der Waals surface area (Å²) in [5, 5.41) is 12.3. The molecule has 0 saturated heterocycles. The van der Waals surface area contributed by atoms with Crippen LogP contribution in [0.1, 0.15) is 38.2 Å². The number of nitrogens with zero attached hydrogens (tertiary/aromatic N) is 1. The maximum absolute atomic E-state index is 13.0. The van der Waals surface area contributed by atoms with Crippen LogP contribution < -0.4 is 10.2 Å². The number of amides is 1. The SMILES string of the molecule is C[C@@](C#N)(NC(=O)C[NH+](Cc1ccc(F)cc1)C1CC1)C1CC1. The van der Waals surface area contributed by atoms with Crippen LogP contribution in [0, 0.1) is 23.1 Å². The predicted octanol–water partition coefficient (Wildman–Crippen LogP) is 1.18. The van der Waals surface area contributed by atoms with Crippen LogP contribution in [0.3, 0.4) is 0 Å². The molecule has 0 aromatic heterocycles. The largest absolute Gasteiger partial charge is 0.333 e. The molecule has 1 unspecified atom stereocenters. The van der Waals surface area contributed by atoms with Crippen molar-refractivity contribution < 1.29 is 14.1 Å². The van der Waals surface area contributed by atoms with Gasteiger partial charge in [0.05, 0.1) is 12.1 Å². The standard InChI is InChI=1S/C18H22FN3O/c1-18(12-20,14-4-5-14)21-17(23)11-22(16-8-9-16)10-13-2-6-15(19)7-3-13/h2-3,6-7,14,16H,4-5,8-11H2,1H3,(H,21,23)/p+1/t18-/m0/s1. The Labute approximate surface area is 136 Å². The minimum atomic E-state index is -0.735. The molecule has 2 N–H and O–H groups in total. The molecule has 2 fully saturated rings. The number of benzene rings is 1. The van der Waals surface area contributed by atoms with Gasteiger partial charge >= 0.3 is 0 Å². The highest BCUT2D eigenvalue weighted by atomic mass is 19.1. The van der Waals surface area contributed by atoms with Gasteiger partial charge in [0.2, 0.25) is 0 Å². The van der Waals surface area contributed by atoms with E-state index < -0.39 is 5.54 Å². The first kappa shape index (κ1) is 15.9. The first-order valence-corrected chi connectivity index (χ1v) is 8.31. The second kappa shape index (κ2) is 6.29. The van der Waals surface area contributed by atoms with Crippen molar-refractivity contribution in [1.82, 2.24) is 5.32 Å². The lowest BCUT2D eigenvalue weighted by molar-refractivity contribution is -0.917. The smallest absolute Gasteiger partial charge is 0.276 e. The van der Waals surface area contributed by atoms with Crippen molar-refractivity contribution in [2.45, 2.75) is 50.7 Å². The van der Waals surface area contributed by atoms with Gasteiger partial charge in [-0.25, -0.2) is 4.39 Å². The van der Waals surface area contributed by atoms with Gasteiger partial charge in [0.15, 0.2) is 6.54 Å². The van der Waals surface area contributed by atoms with Gasteiger partial charge in [0.1, 0.15) is 17.9 Å². The zero-order valence-corrected chi connectivity index (χ0v) is 13.4. The second-order valence-electron chi connectivity index (χ2n) is 7.05. The summed E-state index contributed by atoms with van der Waals surface area (Å²) in [7, 11) is 0. The van der Waals surface area contributed by atoms with Crippen LogP contribution in [0.2, 0.25) is 0 Å². The summed E-state index contributed by atoms with van der Waals surface area (Å²) in [4.78, 5) is 13.6. The molecule has 0 spiro atoms. The molecule has 1 aromatic rings. The maximum atomic E-state index is 13.0. The number of carbonyl (C=O) groups is 1. The van der Waals surface area contributed by atoms with Gasteiger partial charge in [0.25, 0.3) is 5.91 Å². The summed E-state index contributed by atoms with van der Waals surface area (Å²) in [6, 6.07) is 9.23. The van der Waals surface area contributed by atoms with E-state index in [4.69, 9.17) is 0 Å². The molecule has 2 saturated carbocycles. The summed E-state index contributed by atoms with van der Waals surface area (Å²) in [6.45, 7) is 2.90.